The van der Waals surface area contributed by atoms with Crippen LogP contribution in [0.3, 0.4) is 0 Å². The average Bonchev–Trinajstić information content (AvgIpc) is 3.23. The number of carboxylic acid groups (broad SMARTS) is 1. The number of Topliss-reactive ketones (excluding diaryl/α,β-unsaturated/α-hetero) is 1. The van der Waals surface area contributed by atoms with E-state index in [1.165, 1.54) is 11.8 Å². The number of nitrogens with zero attached hydrogens (tertiary/aromatic N) is 1. The van der Waals surface area contributed by atoms with Crippen LogP contribution in [0.25, 0.3) is 0 Å². The molecule has 3 rings (SSSR count). The van der Waals surface area contributed by atoms with Crippen molar-refractivity contribution < 1.29 is 24.2 Å². The van der Waals surface area contributed by atoms with Crippen LogP contribution in [-0.4, -0.2) is 58.6 Å². The van der Waals surface area contributed by atoms with E-state index in [9.17, 15) is 19.5 Å². The van der Waals surface area contributed by atoms with E-state index >= 15 is 0 Å². The Morgan fingerprint density at radius 2 is 2.04 bits per heavy atom. The molecule has 26 heavy (non-hydrogen) atoms. The smallest absolute Gasteiger partial charge is 0.308 e. The van der Waals surface area contributed by atoms with Crippen molar-refractivity contribution in [1.29, 1.82) is 0 Å². The van der Waals surface area contributed by atoms with Gasteiger partial charge in [0.2, 0.25) is 0 Å². The van der Waals surface area contributed by atoms with Crippen molar-refractivity contribution in [3.63, 3.8) is 0 Å². The van der Waals surface area contributed by atoms with Gasteiger partial charge < -0.3 is 14.7 Å². The maximum Gasteiger partial charge on any atom is 0.308 e. The normalized spacial score (nSPS) is 23.0. The first-order valence-corrected chi connectivity index (χ1v) is 9.81. The molecule has 1 fully saturated rings. The van der Waals surface area contributed by atoms with Crippen molar-refractivity contribution in [3.8, 4) is 0 Å². The zero-order valence-corrected chi connectivity index (χ0v) is 15.3. The van der Waals surface area contributed by atoms with Crippen LogP contribution >= 0.6 is 11.8 Å². The van der Waals surface area contributed by atoms with Crippen LogP contribution in [0.4, 0.5) is 0 Å². The predicted octanol–water partition coefficient (Wildman–Crippen LogP) is 2.35. The summed E-state index contributed by atoms with van der Waals surface area (Å²) in [6.45, 7) is 1.04. The summed E-state index contributed by atoms with van der Waals surface area (Å²) < 4.78 is 5.63. The van der Waals surface area contributed by atoms with Crippen LogP contribution in [0.2, 0.25) is 0 Å². The Bertz CT molecular complexity index is 740. The van der Waals surface area contributed by atoms with Gasteiger partial charge in [0.15, 0.2) is 5.78 Å². The van der Waals surface area contributed by atoms with Gasteiger partial charge in [-0.15, -0.1) is 11.8 Å². The van der Waals surface area contributed by atoms with Crippen LogP contribution in [0.1, 0.15) is 29.6 Å². The summed E-state index contributed by atoms with van der Waals surface area (Å²) in [5.41, 5.74) is 0.828. The lowest BCUT2D eigenvalue weighted by Crippen LogP contribution is -2.40. The Morgan fingerprint density at radius 3 is 2.62 bits per heavy atom. The van der Waals surface area contributed by atoms with Gasteiger partial charge in [-0.3, -0.25) is 14.4 Å². The number of hydrogen-bond acceptors (Lipinski definition) is 5. The lowest BCUT2D eigenvalue weighted by molar-refractivity contribution is -0.137. The highest BCUT2D eigenvalue weighted by Gasteiger charge is 2.43. The van der Waals surface area contributed by atoms with Crippen LogP contribution in [0.15, 0.2) is 41.5 Å². The first kappa shape index (κ1) is 18.7. The molecule has 0 saturated carbocycles. The standard InChI is InChI=1S/C19H21NO5S/c1-26-19-16(17(23)12-6-3-2-4-7-12)14(10-15(21)22)18(24)20(19)11-13-8-5-9-25-13/h2-4,6-7,13,19H,5,8-11H2,1H3,(H,21,22). The third-order valence-corrected chi connectivity index (χ3v) is 5.57. The molecule has 0 aliphatic carbocycles. The number of rotatable bonds is 7. The van der Waals surface area contributed by atoms with E-state index < -0.39 is 17.8 Å². The SMILES string of the molecule is CSC1C(C(=O)c2ccccc2)=C(CC(=O)O)C(=O)N1CC1CCCO1. The number of carbonyl (C=O) groups is 3. The highest BCUT2D eigenvalue weighted by atomic mass is 32.2. The second kappa shape index (κ2) is 8.05. The fourth-order valence-corrected chi connectivity index (χ4v) is 4.37. The zero-order valence-electron chi connectivity index (χ0n) is 14.5. The van der Waals surface area contributed by atoms with Gasteiger partial charge in [0.25, 0.3) is 5.91 Å². The number of carboxylic acids is 1. The van der Waals surface area contributed by atoms with Gasteiger partial charge >= 0.3 is 5.97 Å². The molecule has 1 saturated heterocycles. The quantitative estimate of drug-likeness (QED) is 0.737. The molecule has 0 aromatic heterocycles. The molecular weight excluding hydrogens is 354 g/mol. The monoisotopic (exact) mass is 375 g/mol. The van der Waals surface area contributed by atoms with E-state index in [0.29, 0.717) is 18.7 Å². The summed E-state index contributed by atoms with van der Waals surface area (Å²) in [5.74, 6) is -1.78. The van der Waals surface area contributed by atoms with E-state index in [1.807, 2.05) is 6.26 Å². The lowest BCUT2D eigenvalue weighted by Gasteiger charge is -2.27. The van der Waals surface area contributed by atoms with Crippen molar-refractivity contribution in [2.75, 3.05) is 19.4 Å². The molecule has 1 aromatic carbocycles. The molecule has 0 bridgehead atoms. The Kier molecular flexibility index (Phi) is 5.78. The number of carbonyl (C=O) groups excluding carboxylic acids is 2. The second-order valence-corrected chi connectivity index (χ2v) is 7.26. The van der Waals surface area contributed by atoms with Gasteiger partial charge in [-0.1, -0.05) is 30.3 Å². The molecule has 0 radical (unpaired) electrons. The van der Waals surface area contributed by atoms with Gasteiger partial charge in [0.1, 0.15) is 5.37 Å². The molecule has 7 heteroatoms. The van der Waals surface area contributed by atoms with Gasteiger partial charge in [-0.05, 0) is 19.1 Å². The molecule has 1 N–H and O–H groups in total. The summed E-state index contributed by atoms with van der Waals surface area (Å²) >= 11 is 1.37. The molecule has 2 heterocycles. The topological polar surface area (TPSA) is 83.9 Å². The van der Waals surface area contributed by atoms with E-state index in [1.54, 1.807) is 35.2 Å². The Hall–Kier alpha value is -2.12. The minimum Gasteiger partial charge on any atom is -0.481 e. The van der Waals surface area contributed by atoms with Gasteiger partial charge in [-0.2, -0.15) is 0 Å². The number of amides is 1. The number of ether oxygens (including phenoxy) is 1. The summed E-state index contributed by atoms with van der Waals surface area (Å²) in [6, 6.07) is 8.66. The highest BCUT2D eigenvalue weighted by molar-refractivity contribution is 7.99. The molecule has 2 aliphatic rings. The Labute approximate surface area is 156 Å². The number of thioether (sulfide) groups is 1. The molecule has 138 valence electrons. The largest absolute Gasteiger partial charge is 0.481 e. The van der Waals surface area contributed by atoms with Crippen LogP contribution in [0, 0.1) is 0 Å². The van der Waals surface area contributed by atoms with Crippen molar-refractivity contribution in [3.05, 3.63) is 47.0 Å². The fourth-order valence-electron chi connectivity index (χ4n) is 3.45. The Morgan fingerprint density at radius 1 is 1.31 bits per heavy atom. The van der Waals surface area contributed by atoms with E-state index in [4.69, 9.17) is 4.74 Å². The second-order valence-electron chi connectivity index (χ2n) is 6.34. The first-order valence-electron chi connectivity index (χ1n) is 8.53. The van der Waals surface area contributed by atoms with Crippen LogP contribution < -0.4 is 0 Å². The molecule has 1 amide bonds. The molecule has 1 aromatic rings. The van der Waals surface area contributed by atoms with Crippen molar-refractivity contribution in [2.24, 2.45) is 0 Å². The van der Waals surface area contributed by atoms with E-state index in [2.05, 4.69) is 0 Å². The average molecular weight is 375 g/mol. The van der Waals surface area contributed by atoms with Crippen molar-refractivity contribution in [1.82, 2.24) is 4.90 Å². The third-order valence-electron chi connectivity index (χ3n) is 4.63. The maximum absolute atomic E-state index is 13.1. The predicted molar refractivity (Wildman–Crippen MR) is 98.0 cm³/mol. The highest BCUT2D eigenvalue weighted by Crippen LogP contribution is 2.36. The molecular formula is C19H21NO5S. The van der Waals surface area contributed by atoms with E-state index in [-0.39, 0.29) is 28.9 Å². The lowest BCUT2D eigenvalue weighted by atomic mass is 9.98. The van der Waals surface area contributed by atoms with Gasteiger partial charge in [0, 0.05) is 29.9 Å². The summed E-state index contributed by atoms with van der Waals surface area (Å²) in [6.07, 6.45) is 3.11. The van der Waals surface area contributed by atoms with Crippen molar-refractivity contribution in [2.45, 2.75) is 30.7 Å². The minimum absolute atomic E-state index is 0.0640. The molecule has 2 unspecified atom stereocenters. The molecule has 0 spiro atoms. The third kappa shape index (κ3) is 3.68. The fraction of sp³-hybridized carbons (Fsp3) is 0.421. The zero-order chi connectivity index (χ0) is 18.7. The number of hydrogen-bond donors (Lipinski definition) is 1. The number of ketones is 1. The van der Waals surface area contributed by atoms with Crippen LogP contribution in [0.5, 0.6) is 0 Å². The number of aliphatic carboxylic acids is 1. The number of benzene rings is 1. The Balaban J connectivity index is 1.96. The van der Waals surface area contributed by atoms with Crippen LogP contribution in [-0.2, 0) is 14.3 Å². The van der Waals surface area contributed by atoms with Gasteiger partial charge in [-0.25, -0.2) is 0 Å². The minimum atomic E-state index is -1.12. The molecule has 6 nitrogen and oxygen atoms in total. The summed E-state index contributed by atoms with van der Waals surface area (Å²) in [7, 11) is 0. The summed E-state index contributed by atoms with van der Waals surface area (Å²) in [5, 5.41) is 8.75. The first-order chi connectivity index (χ1) is 12.5. The van der Waals surface area contributed by atoms with Gasteiger partial charge in [0.05, 0.1) is 12.5 Å². The summed E-state index contributed by atoms with van der Waals surface area (Å²) in [4.78, 5) is 38.9. The maximum atomic E-state index is 13.1. The molecule has 2 aliphatic heterocycles. The van der Waals surface area contributed by atoms with E-state index in [0.717, 1.165) is 12.8 Å². The van der Waals surface area contributed by atoms with Crippen molar-refractivity contribution >= 4 is 29.4 Å². The molecule has 2 atom stereocenters.